The molecule has 0 fully saturated rings. The SMILES string of the molecule is Cc1nc(C)c(CS(=O)c2ccc3ccccc3n2)s1. The molecular formula is C15H14N2OS2. The highest BCUT2D eigenvalue weighted by Crippen LogP contribution is 2.22. The van der Waals surface area contributed by atoms with Gasteiger partial charge in [-0.1, -0.05) is 24.3 Å². The second-order valence-electron chi connectivity index (χ2n) is 4.57. The number of pyridine rings is 1. The molecule has 0 N–H and O–H groups in total. The van der Waals surface area contributed by atoms with Crippen LogP contribution >= 0.6 is 11.3 Å². The number of rotatable bonds is 3. The fourth-order valence-electron chi connectivity index (χ4n) is 2.07. The summed E-state index contributed by atoms with van der Waals surface area (Å²) in [7, 11) is -1.13. The van der Waals surface area contributed by atoms with Crippen molar-refractivity contribution < 1.29 is 4.21 Å². The van der Waals surface area contributed by atoms with Gasteiger partial charge in [-0.3, -0.25) is 4.21 Å². The molecule has 0 saturated heterocycles. The smallest absolute Gasteiger partial charge is 0.128 e. The number of benzene rings is 1. The van der Waals surface area contributed by atoms with Crippen molar-refractivity contribution in [2.75, 3.05) is 0 Å². The summed E-state index contributed by atoms with van der Waals surface area (Å²) in [5.41, 5.74) is 1.86. The highest BCUT2D eigenvalue weighted by Gasteiger charge is 2.12. The van der Waals surface area contributed by atoms with E-state index in [0.717, 1.165) is 26.5 Å². The van der Waals surface area contributed by atoms with Gasteiger partial charge in [0, 0.05) is 10.3 Å². The van der Waals surface area contributed by atoms with E-state index < -0.39 is 10.8 Å². The van der Waals surface area contributed by atoms with Gasteiger partial charge in [0.15, 0.2) is 0 Å². The molecule has 0 aliphatic heterocycles. The van der Waals surface area contributed by atoms with Gasteiger partial charge in [0.05, 0.1) is 32.8 Å². The molecule has 2 heterocycles. The minimum atomic E-state index is -1.13. The number of thiazole rings is 1. The Labute approximate surface area is 124 Å². The Kier molecular flexibility index (Phi) is 3.63. The van der Waals surface area contributed by atoms with Crippen LogP contribution in [0.3, 0.4) is 0 Å². The third-order valence-electron chi connectivity index (χ3n) is 3.07. The van der Waals surface area contributed by atoms with Gasteiger partial charge in [-0.05, 0) is 26.0 Å². The first kappa shape index (κ1) is 13.4. The highest BCUT2D eigenvalue weighted by molar-refractivity contribution is 7.84. The molecule has 5 heteroatoms. The molecule has 0 aliphatic rings. The minimum Gasteiger partial charge on any atom is -0.252 e. The first-order valence-corrected chi connectivity index (χ1v) is 8.44. The number of nitrogens with zero attached hydrogens (tertiary/aromatic N) is 2. The van der Waals surface area contributed by atoms with E-state index in [9.17, 15) is 4.21 Å². The number of para-hydroxylation sites is 1. The lowest BCUT2D eigenvalue weighted by molar-refractivity contribution is 0.680. The number of aromatic nitrogens is 2. The van der Waals surface area contributed by atoms with Gasteiger partial charge in [0.25, 0.3) is 0 Å². The number of hydrogen-bond donors (Lipinski definition) is 0. The molecule has 1 atom stereocenters. The number of fused-ring (bicyclic) bond motifs is 1. The zero-order valence-electron chi connectivity index (χ0n) is 11.3. The van der Waals surface area contributed by atoms with Crippen LogP contribution in [0.15, 0.2) is 41.4 Å². The quantitative estimate of drug-likeness (QED) is 0.742. The van der Waals surface area contributed by atoms with Crippen LogP contribution in [0.5, 0.6) is 0 Å². The lowest BCUT2D eigenvalue weighted by Gasteiger charge is -2.03. The standard InChI is InChI=1S/C15H14N2OS2/c1-10-14(19-11(2)16-10)9-20(18)15-8-7-12-5-3-4-6-13(12)17-15/h3-8H,9H2,1-2H3. The number of aryl methyl sites for hydroxylation is 2. The summed E-state index contributed by atoms with van der Waals surface area (Å²) in [6.45, 7) is 3.93. The third kappa shape index (κ3) is 2.64. The predicted octanol–water partition coefficient (Wildman–Crippen LogP) is 3.62. The second-order valence-corrected chi connectivity index (χ2v) is 7.26. The molecule has 0 bridgehead atoms. The fraction of sp³-hybridized carbons (Fsp3) is 0.200. The molecular weight excluding hydrogens is 288 g/mol. The molecule has 3 nitrogen and oxygen atoms in total. The monoisotopic (exact) mass is 302 g/mol. The molecule has 0 saturated carbocycles. The fourth-order valence-corrected chi connectivity index (χ4v) is 4.38. The van der Waals surface area contributed by atoms with E-state index in [1.165, 1.54) is 0 Å². The summed E-state index contributed by atoms with van der Waals surface area (Å²) in [6.07, 6.45) is 0. The largest absolute Gasteiger partial charge is 0.252 e. The molecule has 2 aromatic heterocycles. The Morgan fingerprint density at radius 2 is 1.90 bits per heavy atom. The Hall–Kier alpha value is -1.59. The Morgan fingerprint density at radius 1 is 1.10 bits per heavy atom. The van der Waals surface area contributed by atoms with Crippen LogP contribution in [0.2, 0.25) is 0 Å². The maximum Gasteiger partial charge on any atom is 0.128 e. The van der Waals surface area contributed by atoms with Crippen LogP contribution in [0, 0.1) is 13.8 Å². The predicted molar refractivity (Wildman–Crippen MR) is 83.4 cm³/mol. The van der Waals surface area contributed by atoms with Crippen LogP contribution in [0.25, 0.3) is 10.9 Å². The van der Waals surface area contributed by atoms with Crippen molar-refractivity contribution in [1.82, 2.24) is 9.97 Å². The molecule has 0 amide bonds. The molecule has 0 spiro atoms. The summed E-state index contributed by atoms with van der Waals surface area (Å²) in [6, 6.07) is 11.7. The summed E-state index contributed by atoms with van der Waals surface area (Å²) >= 11 is 1.61. The molecule has 3 rings (SSSR count). The van der Waals surface area contributed by atoms with Gasteiger partial charge in [-0.25, -0.2) is 9.97 Å². The van der Waals surface area contributed by atoms with Crippen LogP contribution in [0.1, 0.15) is 15.6 Å². The van der Waals surface area contributed by atoms with Crippen LogP contribution in [0.4, 0.5) is 0 Å². The van der Waals surface area contributed by atoms with Crippen molar-refractivity contribution in [3.05, 3.63) is 52.0 Å². The summed E-state index contributed by atoms with van der Waals surface area (Å²) < 4.78 is 12.4. The van der Waals surface area contributed by atoms with Gasteiger partial charge in [0.2, 0.25) is 0 Å². The first-order valence-electron chi connectivity index (χ1n) is 6.30. The van der Waals surface area contributed by atoms with Crippen molar-refractivity contribution in [1.29, 1.82) is 0 Å². The summed E-state index contributed by atoms with van der Waals surface area (Å²) in [5, 5.41) is 2.72. The van der Waals surface area contributed by atoms with Gasteiger partial charge >= 0.3 is 0 Å². The van der Waals surface area contributed by atoms with Crippen molar-refractivity contribution in [3.8, 4) is 0 Å². The van der Waals surface area contributed by atoms with Crippen LogP contribution < -0.4 is 0 Å². The van der Waals surface area contributed by atoms with Crippen molar-refractivity contribution in [3.63, 3.8) is 0 Å². The first-order chi connectivity index (χ1) is 9.63. The topological polar surface area (TPSA) is 42.9 Å². The third-order valence-corrected chi connectivity index (χ3v) is 5.57. The van der Waals surface area contributed by atoms with Crippen molar-refractivity contribution in [2.24, 2.45) is 0 Å². The van der Waals surface area contributed by atoms with E-state index in [0.29, 0.717) is 10.8 Å². The molecule has 1 aromatic carbocycles. The molecule has 102 valence electrons. The maximum absolute atomic E-state index is 12.4. The molecule has 0 radical (unpaired) electrons. The zero-order chi connectivity index (χ0) is 14.1. The van der Waals surface area contributed by atoms with Crippen LogP contribution in [-0.4, -0.2) is 14.2 Å². The lowest BCUT2D eigenvalue weighted by Crippen LogP contribution is -1.99. The molecule has 20 heavy (non-hydrogen) atoms. The van der Waals surface area contributed by atoms with Gasteiger partial charge in [0.1, 0.15) is 5.03 Å². The van der Waals surface area contributed by atoms with E-state index in [-0.39, 0.29) is 0 Å². The average Bonchev–Trinajstić information content (AvgIpc) is 2.76. The molecule has 3 aromatic rings. The average molecular weight is 302 g/mol. The van der Waals surface area contributed by atoms with E-state index in [1.807, 2.05) is 50.2 Å². The second kappa shape index (κ2) is 5.42. The Bertz CT molecular complexity index is 795. The summed E-state index contributed by atoms with van der Waals surface area (Å²) in [4.78, 5) is 9.94. The van der Waals surface area contributed by atoms with E-state index in [2.05, 4.69) is 9.97 Å². The summed E-state index contributed by atoms with van der Waals surface area (Å²) in [5.74, 6) is 0.489. The van der Waals surface area contributed by atoms with Gasteiger partial charge < -0.3 is 0 Å². The maximum atomic E-state index is 12.4. The zero-order valence-corrected chi connectivity index (χ0v) is 12.9. The minimum absolute atomic E-state index is 0.489. The van der Waals surface area contributed by atoms with E-state index >= 15 is 0 Å². The van der Waals surface area contributed by atoms with Crippen molar-refractivity contribution in [2.45, 2.75) is 24.6 Å². The van der Waals surface area contributed by atoms with Crippen LogP contribution in [-0.2, 0) is 16.6 Å². The lowest BCUT2D eigenvalue weighted by atomic mass is 10.2. The Morgan fingerprint density at radius 3 is 2.65 bits per heavy atom. The van der Waals surface area contributed by atoms with E-state index in [1.54, 1.807) is 11.3 Å². The van der Waals surface area contributed by atoms with E-state index in [4.69, 9.17) is 0 Å². The molecule has 0 aliphatic carbocycles. The van der Waals surface area contributed by atoms with Gasteiger partial charge in [-0.2, -0.15) is 0 Å². The number of hydrogen-bond acceptors (Lipinski definition) is 4. The normalized spacial score (nSPS) is 12.7. The Balaban J connectivity index is 1.90. The van der Waals surface area contributed by atoms with Crippen molar-refractivity contribution >= 4 is 33.0 Å². The van der Waals surface area contributed by atoms with Gasteiger partial charge in [-0.15, -0.1) is 11.3 Å². The highest BCUT2D eigenvalue weighted by atomic mass is 32.2. The molecule has 1 unspecified atom stereocenters.